The molecule has 5 nitrogen and oxygen atoms in total. The van der Waals surface area contributed by atoms with Crippen LogP contribution in [0, 0.1) is 5.92 Å². The average Bonchev–Trinajstić information content (AvgIpc) is 3.51. The van der Waals surface area contributed by atoms with E-state index in [4.69, 9.17) is 9.26 Å². The zero-order valence-corrected chi connectivity index (χ0v) is 18.8. The highest BCUT2D eigenvalue weighted by atomic mass is 32.1. The zero-order valence-electron chi connectivity index (χ0n) is 18.0. The minimum atomic E-state index is -4.36. The first-order chi connectivity index (χ1) is 16.2. The van der Waals surface area contributed by atoms with Crippen molar-refractivity contribution < 1.29 is 32.3 Å². The van der Waals surface area contributed by atoms with E-state index in [1.807, 2.05) is 12.1 Å². The number of hydrogen-bond donors (Lipinski definition) is 1. The fourth-order valence-electron chi connectivity index (χ4n) is 3.60. The molecule has 0 aliphatic rings. The third-order valence-corrected chi connectivity index (χ3v) is 6.55. The Bertz CT molecular complexity index is 1230. The van der Waals surface area contributed by atoms with E-state index in [2.05, 4.69) is 5.16 Å². The Morgan fingerprint density at radius 3 is 2.35 bits per heavy atom. The number of hydrogen-bond acceptors (Lipinski definition) is 5. The molecule has 1 N–H and O–H groups in total. The average molecular weight is 487 g/mol. The van der Waals surface area contributed by atoms with Gasteiger partial charge >= 0.3 is 12.1 Å². The van der Waals surface area contributed by atoms with E-state index in [1.54, 1.807) is 37.3 Å². The van der Waals surface area contributed by atoms with Crippen LogP contribution < -0.4 is 4.74 Å². The normalized spacial score (nSPS) is 13.4. The second-order valence-corrected chi connectivity index (χ2v) is 8.90. The van der Waals surface area contributed by atoms with Crippen molar-refractivity contribution in [2.45, 2.75) is 25.6 Å². The first-order valence-corrected chi connectivity index (χ1v) is 11.2. The third kappa shape index (κ3) is 5.31. The predicted octanol–water partition coefficient (Wildman–Crippen LogP) is 6.85. The number of carboxylic acids is 1. The summed E-state index contributed by atoms with van der Waals surface area (Å²) in [4.78, 5) is 13.3. The van der Waals surface area contributed by atoms with E-state index in [9.17, 15) is 23.1 Å². The van der Waals surface area contributed by atoms with Gasteiger partial charge in [0.25, 0.3) is 0 Å². The summed E-state index contributed by atoms with van der Waals surface area (Å²) in [5.74, 6) is -1.49. The first kappa shape index (κ1) is 23.6. The summed E-state index contributed by atoms with van der Waals surface area (Å²) in [6.45, 7) is 1.92. The summed E-state index contributed by atoms with van der Waals surface area (Å²) in [5.41, 5.74) is 1.35. The van der Waals surface area contributed by atoms with Crippen LogP contribution in [0.4, 0.5) is 13.2 Å². The molecule has 2 heterocycles. The largest absolute Gasteiger partial charge is 0.488 e. The molecule has 0 saturated heterocycles. The molecule has 176 valence electrons. The van der Waals surface area contributed by atoms with Crippen molar-refractivity contribution in [3.63, 3.8) is 0 Å². The van der Waals surface area contributed by atoms with Crippen molar-refractivity contribution in [1.82, 2.24) is 5.16 Å². The van der Waals surface area contributed by atoms with Gasteiger partial charge < -0.3 is 14.4 Å². The minimum absolute atomic E-state index is 0.295. The maximum absolute atomic E-state index is 12.8. The van der Waals surface area contributed by atoms with Gasteiger partial charge in [0, 0.05) is 21.7 Å². The lowest BCUT2D eigenvalue weighted by atomic mass is 9.84. The maximum Gasteiger partial charge on any atom is 0.416 e. The molecule has 9 heteroatoms. The number of nitrogens with zero attached hydrogens (tertiary/aromatic N) is 1. The van der Waals surface area contributed by atoms with Crippen LogP contribution in [0.1, 0.15) is 34.5 Å². The van der Waals surface area contributed by atoms with Crippen LogP contribution in [0.3, 0.4) is 0 Å². The van der Waals surface area contributed by atoms with E-state index < -0.39 is 29.5 Å². The van der Waals surface area contributed by atoms with E-state index in [0.29, 0.717) is 23.6 Å². The number of halogens is 3. The summed E-state index contributed by atoms with van der Waals surface area (Å²) in [6, 6.07) is 17.6. The number of ether oxygens (including phenoxy) is 1. The maximum atomic E-state index is 12.8. The third-order valence-electron chi connectivity index (χ3n) is 5.44. The van der Waals surface area contributed by atoms with E-state index in [-0.39, 0.29) is 0 Å². The fourth-order valence-corrected chi connectivity index (χ4v) is 4.53. The molecule has 0 aliphatic carbocycles. The second-order valence-electron chi connectivity index (χ2n) is 7.73. The number of aliphatic carboxylic acids is 1. The highest BCUT2D eigenvalue weighted by Crippen LogP contribution is 2.34. The highest BCUT2D eigenvalue weighted by molar-refractivity contribution is 7.15. The molecule has 2 atom stereocenters. The van der Waals surface area contributed by atoms with Gasteiger partial charge in [0.15, 0.2) is 0 Å². The van der Waals surface area contributed by atoms with Gasteiger partial charge in [-0.1, -0.05) is 36.3 Å². The Kier molecular flexibility index (Phi) is 6.74. The topological polar surface area (TPSA) is 72.6 Å². The van der Waals surface area contributed by atoms with Crippen LogP contribution in [-0.2, 0) is 17.6 Å². The fraction of sp³-hybridized carbons (Fsp3) is 0.200. The van der Waals surface area contributed by atoms with Crippen LogP contribution in [-0.4, -0.2) is 16.2 Å². The van der Waals surface area contributed by atoms with Gasteiger partial charge in [0.1, 0.15) is 18.6 Å². The molecule has 0 radical (unpaired) electrons. The summed E-state index contributed by atoms with van der Waals surface area (Å²) >= 11 is 1.44. The Morgan fingerprint density at radius 2 is 1.76 bits per heavy atom. The van der Waals surface area contributed by atoms with Gasteiger partial charge in [-0.05, 0) is 47.5 Å². The van der Waals surface area contributed by atoms with Crippen molar-refractivity contribution >= 4 is 17.3 Å². The minimum Gasteiger partial charge on any atom is -0.488 e. The Labute approximate surface area is 197 Å². The van der Waals surface area contributed by atoms with Gasteiger partial charge in [-0.3, -0.25) is 4.79 Å². The molecule has 2 aromatic carbocycles. The van der Waals surface area contributed by atoms with E-state index in [0.717, 1.165) is 27.5 Å². The lowest BCUT2D eigenvalue weighted by Gasteiger charge is -2.19. The van der Waals surface area contributed by atoms with Crippen molar-refractivity contribution in [3.05, 3.63) is 94.7 Å². The summed E-state index contributed by atoms with van der Waals surface area (Å²) < 4.78 is 49.0. The molecule has 2 aromatic heterocycles. The molecule has 0 aliphatic heterocycles. The molecular weight excluding hydrogens is 467 g/mol. The Morgan fingerprint density at radius 1 is 1.06 bits per heavy atom. The Balaban J connectivity index is 1.42. The van der Waals surface area contributed by atoms with Gasteiger partial charge in [0.2, 0.25) is 0 Å². The molecule has 0 saturated carbocycles. The quantitative estimate of drug-likeness (QED) is 0.294. The zero-order chi connectivity index (χ0) is 24.3. The SMILES string of the molecule is CC(C(=O)O)[C@@H](c1ccc(OCc2ccc(-c3ccc(C(F)(F)F)cc3)s2)cc1)c1ccon1. The molecule has 0 fully saturated rings. The number of alkyl halides is 3. The van der Waals surface area contributed by atoms with Crippen molar-refractivity contribution in [1.29, 1.82) is 0 Å². The molecule has 34 heavy (non-hydrogen) atoms. The number of carboxylic acid groups (broad SMARTS) is 1. The molecule has 1 unspecified atom stereocenters. The highest BCUT2D eigenvalue weighted by Gasteiger charge is 2.30. The van der Waals surface area contributed by atoms with Gasteiger partial charge in [-0.15, -0.1) is 11.3 Å². The van der Waals surface area contributed by atoms with Crippen LogP contribution in [0.5, 0.6) is 5.75 Å². The summed E-state index contributed by atoms with van der Waals surface area (Å²) in [7, 11) is 0. The predicted molar refractivity (Wildman–Crippen MR) is 121 cm³/mol. The van der Waals surface area contributed by atoms with E-state index >= 15 is 0 Å². The second kappa shape index (κ2) is 9.72. The number of thiophene rings is 1. The first-order valence-electron chi connectivity index (χ1n) is 10.3. The molecular formula is C25H20F3NO4S. The van der Waals surface area contributed by atoms with Crippen LogP contribution >= 0.6 is 11.3 Å². The molecule has 4 aromatic rings. The number of carbonyl (C=O) groups is 1. The van der Waals surface area contributed by atoms with Crippen molar-refractivity contribution in [2.24, 2.45) is 5.92 Å². The number of rotatable bonds is 8. The van der Waals surface area contributed by atoms with Gasteiger partial charge in [0.05, 0.1) is 17.2 Å². The van der Waals surface area contributed by atoms with Crippen LogP contribution in [0.2, 0.25) is 0 Å². The monoisotopic (exact) mass is 487 g/mol. The number of benzene rings is 2. The lowest BCUT2D eigenvalue weighted by Crippen LogP contribution is -2.20. The smallest absolute Gasteiger partial charge is 0.416 e. The number of aromatic nitrogens is 1. The molecule has 4 rings (SSSR count). The standard InChI is InChI=1S/C25H20F3NO4S/c1-15(24(30)31)23(21-12-13-33-29-21)17-4-8-19(9-5-17)32-14-20-10-11-22(34-20)16-2-6-18(7-3-16)25(26,27)28/h2-13,15,23H,14H2,1H3,(H,30,31)/t15?,23-/m0/s1. The molecule has 0 bridgehead atoms. The lowest BCUT2D eigenvalue weighted by molar-refractivity contribution is -0.141. The van der Waals surface area contributed by atoms with Crippen LogP contribution in [0.15, 0.2) is 77.5 Å². The van der Waals surface area contributed by atoms with Gasteiger partial charge in [-0.25, -0.2) is 0 Å². The van der Waals surface area contributed by atoms with Gasteiger partial charge in [-0.2, -0.15) is 13.2 Å². The van der Waals surface area contributed by atoms with Crippen LogP contribution in [0.25, 0.3) is 10.4 Å². The van der Waals surface area contributed by atoms with E-state index in [1.165, 1.54) is 29.7 Å². The summed E-state index contributed by atoms with van der Waals surface area (Å²) in [6.07, 6.45) is -2.95. The molecule has 0 amide bonds. The molecule has 0 spiro atoms. The summed E-state index contributed by atoms with van der Waals surface area (Å²) in [5, 5.41) is 13.4. The van der Waals surface area contributed by atoms with Crippen molar-refractivity contribution in [2.75, 3.05) is 0 Å². The Hall–Kier alpha value is -3.59. The van der Waals surface area contributed by atoms with Crippen molar-refractivity contribution in [3.8, 4) is 16.2 Å².